The van der Waals surface area contributed by atoms with Crippen LogP contribution in [0.4, 0.5) is 22.7 Å². The maximum absolute atomic E-state index is 3.67. The maximum Gasteiger partial charge on any atom is 0.0541 e. The van der Waals surface area contributed by atoms with Crippen LogP contribution in [0.3, 0.4) is 0 Å². The summed E-state index contributed by atoms with van der Waals surface area (Å²) in [5, 5.41) is 12.3. The SMILES string of the molecule is c1ccc(Nc2cc(Nc3ccccc3)cc(-c3cc(-n4c5ccccc5c5ccccc54)cc(-n4c5ccccc5c5ccccc54)c3)c2)cc1. The van der Waals surface area contributed by atoms with Crippen molar-refractivity contribution in [1.29, 1.82) is 0 Å². The lowest BCUT2D eigenvalue weighted by atomic mass is 10.0. The number of hydrogen-bond acceptors (Lipinski definition) is 2. The molecule has 0 spiro atoms. The number of fused-ring (bicyclic) bond motifs is 6. The largest absolute Gasteiger partial charge is 0.355 e. The van der Waals surface area contributed by atoms with E-state index in [0.29, 0.717) is 0 Å². The number of anilines is 4. The van der Waals surface area contributed by atoms with E-state index < -0.39 is 0 Å². The summed E-state index contributed by atoms with van der Waals surface area (Å²) in [5.41, 5.74) is 13.2. The van der Waals surface area contributed by atoms with Crippen molar-refractivity contribution in [3.63, 3.8) is 0 Å². The van der Waals surface area contributed by atoms with Gasteiger partial charge in [0, 0.05) is 55.7 Å². The molecule has 4 heteroatoms. The van der Waals surface area contributed by atoms with Gasteiger partial charge in [0.1, 0.15) is 0 Å². The van der Waals surface area contributed by atoms with Crippen LogP contribution in [0.15, 0.2) is 194 Å². The van der Waals surface area contributed by atoms with Crippen molar-refractivity contribution < 1.29 is 0 Å². The molecule has 2 aromatic heterocycles. The van der Waals surface area contributed by atoms with E-state index in [4.69, 9.17) is 0 Å². The van der Waals surface area contributed by atoms with Crippen molar-refractivity contribution in [3.8, 4) is 22.5 Å². The summed E-state index contributed by atoms with van der Waals surface area (Å²) < 4.78 is 4.83. The molecule has 2 N–H and O–H groups in total. The number of para-hydroxylation sites is 6. The lowest BCUT2D eigenvalue weighted by Crippen LogP contribution is -2.01. The van der Waals surface area contributed by atoms with Crippen molar-refractivity contribution in [2.75, 3.05) is 10.6 Å². The molecule has 10 aromatic rings. The second-order valence-corrected chi connectivity index (χ2v) is 13.3. The van der Waals surface area contributed by atoms with Crippen LogP contribution in [0.25, 0.3) is 66.1 Å². The van der Waals surface area contributed by atoms with Gasteiger partial charge in [-0.3, -0.25) is 0 Å². The van der Waals surface area contributed by atoms with Crippen LogP contribution in [-0.2, 0) is 0 Å². The van der Waals surface area contributed by atoms with Crippen molar-refractivity contribution in [2.45, 2.75) is 0 Å². The van der Waals surface area contributed by atoms with E-state index in [9.17, 15) is 0 Å². The molecule has 0 amide bonds. The number of nitrogens with one attached hydrogen (secondary N) is 2. The minimum Gasteiger partial charge on any atom is -0.355 e. The molecule has 0 radical (unpaired) electrons. The van der Waals surface area contributed by atoms with E-state index in [2.05, 4.69) is 202 Å². The third-order valence-corrected chi connectivity index (χ3v) is 9.97. The molecule has 2 heterocycles. The Bertz CT molecular complexity index is 2600. The highest BCUT2D eigenvalue weighted by molar-refractivity contribution is 6.10. The highest BCUT2D eigenvalue weighted by Gasteiger charge is 2.17. The van der Waals surface area contributed by atoms with E-state index in [0.717, 1.165) is 45.3 Å². The van der Waals surface area contributed by atoms with Gasteiger partial charge in [0.2, 0.25) is 0 Å². The van der Waals surface area contributed by atoms with Crippen LogP contribution in [0, 0.1) is 0 Å². The van der Waals surface area contributed by atoms with Gasteiger partial charge in [-0.05, 0) is 96.1 Å². The zero-order chi connectivity index (χ0) is 34.4. The van der Waals surface area contributed by atoms with Gasteiger partial charge in [0.05, 0.1) is 22.1 Å². The molecule has 0 aliphatic carbocycles. The van der Waals surface area contributed by atoms with E-state index in [-0.39, 0.29) is 0 Å². The lowest BCUT2D eigenvalue weighted by molar-refractivity contribution is 1.13. The van der Waals surface area contributed by atoms with Crippen LogP contribution < -0.4 is 10.6 Å². The quantitative estimate of drug-likeness (QED) is 0.177. The third-order valence-electron chi connectivity index (χ3n) is 9.97. The first-order chi connectivity index (χ1) is 25.8. The second kappa shape index (κ2) is 12.4. The Hall–Kier alpha value is -7.04. The van der Waals surface area contributed by atoms with Gasteiger partial charge in [-0.2, -0.15) is 0 Å². The molecule has 0 fully saturated rings. The highest BCUT2D eigenvalue weighted by atomic mass is 15.0. The van der Waals surface area contributed by atoms with Crippen molar-refractivity contribution in [2.24, 2.45) is 0 Å². The Morgan fingerprint density at radius 2 is 0.596 bits per heavy atom. The lowest BCUT2D eigenvalue weighted by Gasteiger charge is -2.18. The van der Waals surface area contributed by atoms with Gasteiger partial charge in [-0.15, -0.1) is 0 Å². The van der Waals surface area contributed by atoms with E-state index in [1.807, 2.05) is 12.1 Å². The molecule has 52 heavy (non-hydrogen) atoms. The molecule has 8 aromatic carbocycles. The summed E-state index contributed by atoms with van der Waals surface area (Å²) in [6.07, 6.45) is 0. The Balaban J connectivity index is 1.25. The van der Waals surface area contributed by atoms with Crippen molar-refractivity contribution in [1.82, 2.24) is 9.13 Å². The van der Waals surface area contributed by atoms with Gasteiger partial charge < -0.3 is 19.8 Å². The smallest absolute Gasteiger partial charge is 0.0541 e. The first-order valence-electron chi connectivity index (χ1n) is 17.7. The summed E-state index contributed by atoms with van der Waals surface area (Å²) >= 11 is 0. The molecule has 0 atom stereocenters. The van der Waals surface area contributed by atoms with E-state index in [1.54, 1.807) is 0 Å². The zero-order valence-corrected chi connectivity index (χ0v) is 28.4. The van der Waals surface area contributed by atoms with Crippen molar-refractivity contribution in [3.05, 3.63) is 194 Å². The monoisotopic (exact) mass is 666 g/mol. The minimum absolute atomic E-state index is 1.00. The fourth-order valence-corrected chi connectivity index (χ4v) is 7.74. The van der Waals surface area contributed by atoms with Gasteiger partial charge in [-0.25, -0.2) is 0 Å². The first kappa shape index (κ1) is 29.8. The Morgan fingerprint density at radius 3 is 0.981 bits per heavy atom. The average Bonchev–Trinajstić information content (AvgIpc) is 3.72. The molecule has 246 valence electrons. The number of aromatic nitrogens is 2. The summed E-state index contributed by atoms with van der Waals surface area (Å²) in [4.78, 5) is 0. The molecule has 0 bridgehead atoms. The number of nitrogens with zero attached hydrogens (tertiary/aromatic N) is 2. The van der Waals surface area contributed by atoms with Gasteiger partial charge >= 0.3 is 0 Å². The summed E-state index contributed by atoms with van der Waals surface area (Å²) in [6, 6.07) is 69.3. The van der Waals surface area contributed by atoms with E-state index in [1.165, 1.54) is 43.6 Å². The van der Waals surface area contributed by atoms with Crippen LogP contribution in [0.1, 0.15) is 0 Å². The predicted molar refractivity (Wildman–Crippen MR) is 220 cm³/mol. The maximum atomic E-state index is 3.67. The number of rotatable bonds is 7. The topological polar surface area (TPSA) is 33.9 Å². The molecular formula is C48H34N4. The van der Waals surface area contributed by atoms with Gasteiger partial charge in [-0.1, -0.05) is 109 Å². The van der Waals surface area contributed by atoms with Gasteiger partial charge in [0.15, 0.2) is 0 Å². The average molecular weight is 667 g/mol. The molecule has 0 saturated heterocycles. The normalized spacial score (nSPS) is 11.5. The fraction of sp³-hybridized carbons (Fsp3) is 0. The Kier molecular flexibility index (Phi) is 7.10. The second-order valence-electron chi connectivity index (χ2n) is 13.3. The molecule has 0 saturated carbocycles. The predicted octanol–water partition coefficient (Wildman–Crippen LogP) is 13.0. The summed E-state index contributed by atoms with van der Waals surface area (Å²) in [7, 11) is 0. The van der Waals surface area contributed by atoms with Crippen LogP contribution in [0.5, 0.6) is 0 Å². The summed E-state index contributed by atoms with van der Waals surface area (Å²) in [6.45, 7) is 0. The Morgan fingerprint density at radius 1 is 0.269 bits per heavy atom. The standard InChI is InChI=1S/C48H34N4/c1-3-15-35(16-4-1)49-37-27-33(28-38(31-37)50-36-17-5-2-6-18-36)34-29-39(51-45-23-11-7-19-41(45)42-20-8-12-24-46(42)51)32-40(30-34)52-47-25-13-9-21-43(47)44-22-10-14-26-48(44)52/h1-32,49-50H. The van der Waals surface area contributed by atoms with Crippen LogP contribution in [0.2, 0.25) is 0 Å². The molecule has 10 rings (SSSR count). The molecule has 0 aliphatic heterocycles. The van der Waals surface area contributed by atoms with E-state index >= 15 is 0 Å². The molecular weight excluding hydrogens is 633 g/mol. The fourth-order valence-electron chi connectivity index (χ4n) is 7.74. The minimum atomic E-state index is 1.00. The van der Waals surface area contributed by atoms with Crippen LogP contribution in [-0.4, -0.2) is 9.13 Å². The molecule has 0 aliphatic rings. The molecule has 0 unspecified atom stereocenters. The van der Waals surface area contributed by atoms with Crippen molar-refractivity contribution >= 4 is 66.4 Å². The first-order valence-corrected chi connectivity index (χ1v) is 17.7. The Labute approximate surface area is 301 Å². The number of hydrogen-bond donors (Lipinski definition) is 2. The summed E-state index contributed by atoms with van der Waals surface area (Å²) in [5.74, 6) is 0. The third kappa shape index (κ3) is 5.17. The number of benzene rings is 8. The highest BCUT2D eigenvalue weighted by Crippen LogP contribution is 2.39. The van der Waals surface area contributed by atoms with Gasteiger partial charge in [0.25, 0.3) is 0 Å². The zero-order valence-electron chi connectivity index (χ0n) is 28.4. The van der Waals surface area contributed by atoms with Crippen LogP contribution >= 0.6 is 0 Å². The molecule has 4 nitrogen and oxygen atoms in total.